The summed E-state index contributed by atoms with van der Waals surface area (Å²) in [6.07, 6.45) is 0.969. The molecule has 0 saturated heterocycles. The van der Waals surface area contributed by atoms with Gasteiger partial charge in [-0.3, -0.25) is 9.59 Å². The standard InChI is InChI=1S/C37H30N4O6S/c42-31-21-30(41(46)22-32(31)47-23-25-13-5-1-6-14-25)34(43)39-33(35(44)45)29-24-48-36(38-29)40-37(26-15-7-2-8-16-26,27-17-9-3-10-18-27)28-19-11-4-12-20-28/h1-22,24,33,46H,23H2,(H,38,40)(H,39,43)(H,44,45). The molecule has 6 aromatic rings. The summed E-state index contributed by atoms with van der Waals surface area (Å²) >= 11 is 1.18. The highest BCUT2D eigenvalue weighted by molar-refractivity contribution is 7.13. The smallest absolute Gasteiger partial charge is 0.332 e. The Kier molecular flexibility index (Phi) is 9.31. The molecule has 48 heavy (non-hydrogen) atoms. The lowest BCUT2D eigenvalue weighted by molar-refractivity contribution is -0.139. The molecule has 1 amide bonds. The average Bonchev–Trinajstić information content (AvgIpc) is 3.59. The molecule has 2 heterocycles. The largest absolute Gasteiger partial charge is 0.483 e. The van der Waals surface area contributed by atoms with Gasteiger partial charge in [0.2, 0.25) is 5.43 Å². The number of carbonyl (C=O) groups excluding carboxylic acids is 1. The van der Waals surface area contributed by atoms with Gasteiger partial charge in [-0.15, -0.1) is 11.3 Å². The molecule has 0 aliphatic rings. The number of hydrogen-bond donors (Lipinski definition) is 4. The van der Waals surface area contributed by atoms with Gasteiger partial charge in [0.25, 0.3) is 5.91 Å². The van der Waals surface area contributed by atoms with E-state index in [1.54, 1.807) is 5.38 Å². The molecule has 6 rings (SSSR count). The third-order valence-electron chi connectivity index (χ3n) is 7.72. The predicted octanol–water partition coefficient (Wildman–Crippen LogP) is 6.08. The summed E-state index contributed by atoms with van der Waals surface area (Å²) in [6, 6.07) is 38.0. The van der Waals surface area contributed by atoms with Crippen LogP contribution in [0.15, 0.2) is 144 Å². The molecule has 0 spiro atoms. The SMILES string of the molecule is O=C(NC(C(=O)O)c1csc(NC(c2ccccc2)(c2ccccc2)c2ccccc2)n1)c1cc(=O)c(OCc2ccccc2)cn1O. The average molecular weight is 659 g/mol. The lowest BCUT2D eigenvalue weighted by atomic mass is 9.77. The second-order valence-corrected chi connectivity index (χ2v) is 11.7. The first-order valence-electron chi connectivity index (χ1n) is 14.9. The van der Waals surface area contributed by atoms with E-state index in [2.05, 4.69) is 15.6 Å². The lowest BCUT2D eigenvalue weighted by Gasteiger charge is -2.36. The van der Waals surface area contributed by atoms with Crippen LogP contribution in [0.1, 0.15) is 44.5 Å². The number of anilines is 1. The van der Waals surface area contributed by atoms with Crippen molar-refractivity contribution >= 4 is 28.3 Å². The van der Waals surface area contributed by atoms with Gasteiger partial charge < -0.3 is 25.7 Å². The quantitative estimate of drug-likeness (QED) is 0.0916. The fraction of sp³-hybridized carbons (Fsp3) is 0.0811. The van der Waals surface area contributed by atoms with Gasteiger partial charge in [-0.25, -0.2) is 9.78 Å². The molecule has 2 aromatic heterocycles. The van der Waals surface area contributed by atoms with Crippen molar-refractivity contribution in [3.05, 3.63) is 183 Å². The van der Waals surface area contributed by atoms with Gasteiger partial charge in [0.15, 0.2) is 16.9 Å². The number of ether oxygens (including phenoxy) is 1. The fourth-order valence-corrected chi connectivity index (χ4v) is 6.20. The van der Waals surface area contributed by atoms with E-state index in [1.165, 1.54) is 11.3 Å². The van der Waals surface area contributed by atoms with Gasteiger partial charge in [0.05, 0.1) is 11.9 Å². The molecule has 0 saturated carbocycles. The van der Waals surface area contributed by atoms with Crippen molar-refractivity contribution < 1.29 is 24.6 Å². The Labute approximate surface area is 279 Å². The van der Waals surface area contributed by atoms with Crippen LogP contribution in [0.2, 0.25) is 0 Å². The zero-order chi connectivity index (χ0) is 33.5. The van der Waals surface area contributed by atoms with E-state index >= 15 is 0 Å². The van der Waals surface area contributed by atoms with Crippen molar-refractivity contribution in [1.29, 1.82) is 0 Å². The Morgan fingerprint density at radius 2 is 1.35 bits per heavy atom. The zero-order valence-corrected chi connectivity index (χ0v) is 26.2. The maximum absolute atomic E-state index is 13.2. The van der Waals surface area contributed by atoms with Crippen molar-refractivity contribution in [2.75, 3.05) is 5.32 Å². The number of thiazole rings is 1. The van der Waals surface area contributed by atoms with E-state index in [1.807, 2.05) is 121 Å². The summed E-state index contributed by atoms with van der Waals surface area (Å²) in [4.78, 5) is 43.0. The first kappa shape index (κ1) is 31.8. The van der Waals surface area contributed by atoms with Gasteiger partial charge in [0.1, 0.15) is 17.8 Å². The summed E-state index contributed by atoms with van der Waals surface area (Å²) in [5.41, 5.74) is 1.62. The normalized spacial score (nSPS) is 11.8. The summed E-state index contributed by atoms with van der Waals surface area (Å²) in [7, 11) is 0. The van der Waals surface area contributed by atoms with E-state index in [0.717, 1.165) is 34.5 Å². The molecule has 1 unspecified atom stereocenters. The predicted molar refractivity (Wildman–Crippen MR) is 181 cm³/mol. The number of carboxylic acids is 1. The molecule has 1 atom stereocenters. The number of aliphatic carboxylic acids is 1. The van der Waals surface area contributed by atoms with Crippen LogP contribution < -0.4 is 20.8 Å². The third-order valence-corrected chi connectivity index (χ3v) is 8.50. The first-order chi connectivity index (χ1) is 23.3. The van der Waals surface area contributed by atoms with Crippen molar-refractivity contribution in [3.63, 3.8) is 0 Å². The Hall–Kier alpha value is -6.20. The topological polar surface area (TPSA) is 143 Å². The second kappa shape index (κ2) is 14.1. The first-order valence-corrected chi connectivity index (χ1v) is 15.8. The number of aromatic nitrogens is 2. The lowest BCUT2D eigenvalue weighted by Crippen LogP contribution is -2.38. The van der Waals surface area contributed by atoms with E-state index in [9.17, 15) is 24.7 Å². The number of pyridine rings is 1. The minimum atomic E-state index is -1.59. The molecule has 240 valence electrons. The van der Waals surface area contributed by atoms with Gasteiger partial charge >= 0.3 is 5.97 Å². The number of carboxylic acid groups (broad SMARTS) is 1. The van der Waals surface area contributed by atoms with Gasteiger partial charge in [-0.05, 0) is 22.3 Å². The minimum Gasteiger partial charge on any atom is -0.483 e. The highest BCUT2D eigenvalue weighted by Gasteiger charge is 2.37. The van der Waals surface area contributed by atoms with Crippen LogP contribution in [-0.2, 0) is 16.9 Å². The zero-order valence-electron chi connectivity index (χ0n) is 25.4. The second-order valence-electron chi connectivity index (χ2n) is 10.8. The number of carbonyl (C=O) groups is 2. The number of amides is 1. The molecule has 0 aliphatic carbocycles. The van der Waals surface area contributed by atoms with Crippen LogP contribution in [0.4, 0.5) is 5.13 Å². The maximum atomic E-state index is 13.2. The van der Waals surface area contributed by atoms with E-state index in [4.69, 9.17) is 4.74 Å². The van der Waals surface area contributed by atoms with Crippen molar-refractivity contribution in [2.45, 2.75) is 18.2 Å². The molecular formula is C37H30N4O6S. The Balaban J connectivity index is 1.28. The van der Waals surface area contributed by atoms with Crippen molar-refractivity contribution in [1.82, 2.24) is 15.0 Å². The molecule has 0 aliphatic heterocycles. The summed E-state index contributed by atoms with van der Waals surface area (Å²) in [6.45, 7) is 0.0724. The van der Waals surface area contributed by atoms with E-state index in [-0.39, 0.29) is 18.1 Å². The Morgan fingerprint density at radius 3 is 1.88 bits per heavy atom. The highest BCUT2D eigenvalue weighted by atomic mass is 32.1. The highest BCUT2D eigenvalue weighted by Crippen LogP contribution is 2.41. The molecule has 4 aromatic carbocycles. The molecule has 10 nitrogen and oxygen atoms in total. The van der Waals surface area contributed by atoms with Crippen LogP contribution >= 0.6 is 11.3 Å². The van der Waals surface area contributed by atoms with Gasteiger partial charge in [-0.1, -0.05) is 121 Å². The van der Waals surface area contributed by atoms with Crippen molar-refractivity contribution in [2.24, 2.45) is 0 Å². The van der Waals surface area contributed by atoms with E-state index < -0.39 is 34.6 Å². The summed E-state index contributed by atoms with van der Waals surface area (Å²) < 4.78 is 5.96. The number of nitrogens with one attached hydrogen (secondary N) is 2. The number of benzene rings is 4. The molecule has 0 fully saturated rings. The van der Waals surface area contributed by atoms with Crippen LogP contribution in [-0.4, -0.2) is 31.9 Å². The van der Waals surface area contributed by atoms with Gasteiger partial charge in [0, 0.05) is 11.4 Å². The molecule has 0 bridgehead atoms. The monoisotopic (exact) mass is 658 g/mol. The van der Waals surface area contributed by atoms with Crippen LogP contribution in [0, 0.1) is 0 Å². The summed E-state index contributed by atoms with van der Waals surface area (Å²) in [5.74, 6) is -2.55. The van der Waals surface area contributed by atoms with Crippen molar-refractivity contribution in [3.8, 4) is 5.75 Å². The maximum Gasteiger partial charge on any atom is 0.332 e. The van der Waals surface area contributed by atoms with Gasteiger partial charge in [-0.2, -0.15) is 4.73 Å². The summed E-state index contributed by atoms with van der Waals surface area (Å²) in [5, 5.41) is 28.6. The molecule has 0 radical (unpaired) electrons. The minimum absolute atomic E-state index is 0.0566. The third kappa shape index (κ3) is 6.67. The fourth-order valence-electron chi connectivity index (χ4n) is 5.40. The molecular weight excluding hydrogens is 628 g/mol. The number of hydrogen-bond acceptors (Lipinski definition) is 8. The number of nitrogens with zero attached hydrogens (tertiary/aromatic N) is 2. The molecule has 11 heteroatoms. The van der Waals surface area contributed by atoms with Crippen LogP contribution in [0.25, 0.3) is 0 Å². The van der Waals surface area contributed by atoms with Crippen LogP contribution in [0.3, 0.4) is 0 Å². The van der Waals surface area contributed by atoms with Crippen LogP contribution in [0.5, 0.6) is 5.75 Å². The molecule has 4 N–H and O–H groups in total. The Bertz CT molecular complexity index is 1970. The number of rotatable bonds is 12. The van der Waals surface area contributed by atoms with E-state index in [0.29, 0.717) is 9.86 Å². The Morgan fingerprint density at radius 1 is 0.833 bits per heavy atom.